The smallest absolute Gasteiger partial charge is 0.410 e. The largest absolute Gasteiger partial charge is 0.465 e. The Kier molecular flexibility index (Phi) is 3.24. The Balaban J connectivity index is 2.13. The fourth-order valence-corrected chi connectivity index (χ4v) is 1.24. The third-order valence-corrected chi connectivity index (χ3v) is 1.96. The minimum absolute atomic E-state index is 0.184. The molecule has 0 fully saturated rings. The first-order chi connectivity index (χ1) is 8.63. The van der Waals surface area contributed by atoms with Gasteiger partial charge in [-0.2, -0.15) is 0 Å². The van der Waals surface area contributed by atoms with E-state index in [1.54, 1.807) is 18.2 Å². The number of nitrogens with one attached hydrogen (secondary N) is 1. The molecule has 0 saturated carbocycles. The number of ether oxygens (including phenoxy) is 1. The molecule has 0 unspecified atom stereocenters. The average Bonchev–Trinajstić information content (AvgIpc) is 2.32. The molecule has 2 aromatic heterocycles. The van der Waals surface area contributed by atoms with Crippen molar-refractivity contribution in [3.63, 3.8) is 0 Å². The number of nitrogens with two attached hydrogens (primary N) is 1. The topological polar surface area (TPSA) is 110 Å². The van der Waals surface area contributed by atoms with Crippen LogP contribution in [0.2, 0.25) is 0 Å². The zero-order chi connectivity index (χ0) is 13.0. The Bertz CT molecular complexity index is 556. The van der Waals surface area contributed by atoms with E-state index in [2.05, 4.69) is 15.3 Å². The van der Waals surface area contributed by atoms with Gasteiger partial charge in [-0.05, 0) is 18.2 Å². The van der Waals surface area contributed by atoms with E-state index in [-0.39, 0.29) is 5.82 Å². The molecule has 4 N–H and O–H groups in total. The van der Waals surface area contributed by atoms with Gasteiger partial charge in [0.1, 0.15) is 23.1 Å². The molecule has 0 aliphatic heterocycles. The Morgan fingerprint density at radius 1 is 1.28 bits per heavy atom. The minimum Gasteiger partial charge on any atom is -0.465 e. The van der Waals surface area contributed by atoms with Crippen molar-refractivity contribution in [2.45, 2.75) is 0 Å². The summed E-state index contributed by atoms with van der Waals surface area (Å²) in [4.78, 5) is 18.2. The van der Waals surface area contributed by atoms with Crippen LogP contribution in [0.1, 0.15) is 0 Å². The maximum atomic E-state index is 10.5. The van der Waals surface area contributed by atoms with E-state index in [1.165, 1.54) is 18.5 Å². The standard InChI is InChI=1S/C11H10N4O3/c12-9-2-1-8(6-14-9)18-7-3-4-13-10(5-7)15-11(16)17/h1-6H,(H2,12,14)(H,13,15)(H,16,17). The molecule has 7 heteroatoms. The van der Waals surface area contributed by atoms with E-state index in [4.69, 9.17) is 15.6 Å². The van der Waals surface area contributed by atoms with Crippen molar-refractivity contribution in [1.82, 2.24) is 9.97 Å². The van der Waals surface area contributed by atoms with Crippen LogP contribution in [0, 0.1) is 0 Å². The molecule has 0 radical (unpaired) electrons. The van der Waals surface area contributed by atoms with Gasteiger partial charge in [0, 0.05) is 12.3 Å². The zero-order valence-electron chi connectivity index (χ0n) is 9.20. The lowest BCUT2D eigenvalue weighted by atomic mass is 10.4. The molecule has 7 nitrogen and oxygen atoms in total. The average molecular weight is 246 g/mol. The molecule has 0 spiro atoms. The molecule has 92 valence electrons. The Labute approximate surface area is 102 Å². The molecule has 2 aromatic rings. The molecule has 2 rings (SSSR count). The summed E-state index contributed by atoms with van der Waals surface area (Å²) in [5.41, 5.74) is 5.45. The maximum Gasteiger partial charge on any atom is 0.410 e. The monoisotopic (exact) mass is 246 g/mol. The highest BCUT2D eigenvalue weighted by Crippen LogP contribution is 2.22. The normalized spacial score (nSPS) is 9.78. The number of hydrogen-bond donors (Lipinski definition) is 3. The van der Waals surface area contributed by atoms with Crippen molar-refractivity contribution >= 4 is 17.7 Å². The Morgan fingerprint density at radius 3 is 2.78 bits per heavy atom. The van der Waals surface area contributed by atoms with E-state index in [9.17, 15) is 4.79 Å². The van der Waals surface area contributed by atoms with Crippen molar-refractivity contribution in [3.8, 4) is 11.5 Å². The number of carbonyl (C=O) groups is 1. The van der Waals surface area contributed by atoms with Crippen LogP contribution >= 0.6 is 0 Å². The predicted octanol–water partition coefficient (Wildman–Crippen LogP) is 1.94. The highest BCUT2D eigenvalue weighted by atomic mass is 16.5. The molecular weight excluding hydrogens is 236 g/mol. The zero-order valence-corrected chi connectivity index (χ0v) is 9.20. The van der Waals surface area contributed by atoms with Gasteiger partial charge in [0.25, 0.3) is 0 Å². The highest BCUT2D eigenvalue weighted by molar-refractivity contribution is 5.81. The molecule has 1 amide bonds. The van der Waals surface area contributed by atoms with Crippen molar-refractivity contribution in [3.05, 3.63) is 36.7 Å². The van der Waals surface area contributed by atoms with Crippen LogP contribution in [0.3, 0.4) is 0 Å². The SMILES string of the molecule is Nc1ccc(Oc2ccnc(NC(=O)O)c2)cn1. The third kappa shape index (κ3) is 3.08. The van der Waals surface area contributed by atoms with Crippen molar-refractivity contribution in [1.29, 1.82) is 0 Å². The minimum atomic E-state index is -1.19. The summed E-state index contributed by atoms with van der Waals surface area (Å²) in [6.07, 6.45) is 1.72. The molecule has 0 aromatic carbocycles. The second-order valence-corrected chi connectivity index (χ2v) is 3.33. The number of nitrogen functional groups attached to an aromatic ring is 1. The lowest BCUT2D eigenvalue weighted by Gasteiger charge is -2.06. The summed E-state index contributed by atoms with van der Waals surface area (Å²) in [5.74, 6) is 1.52. The Hall–Kier alpha value is -2.83. The van der Waals surface area contributed by atoms with Crippen LogP contribution in [0.25, 0.3) is 0 Å². The van der Waals surface area contributed by atoms with Gasteiger partial charge in [-0.3, -0.25) is 5.32 Å². The van der Waals surface area contributed by atoms with E-state index >= 15 is 0 Å². The fourth-order valence-electron chi connectivity index (χ4n) is 1.24. The molecular formula is C11H10N4O3. The van der Waals surface area contributed by atoms with Crippen LogP contribution < -0.4 is 15.8 Å². The lowest BCUT2D eigenvalue weighted by Crippen LogP contribution is -2.08. The lowest BCUT2D eigenvalue weighted by molar-refractivity contribution is 0.209. The van der Waals surface area contributed by atoms with Gasteiger partial charge >= 0.3 is 6.09 Å². The summed E-state index contributed by atoms with van der Waals surface area (Å²) in [6.45, 7) is 0. The van der Waals surface area contributed by atoms with Crippen LogP contribution in [0.5, 0.6) is 11.5 Å². The quantitative estimate of drug-likeness (QED) is 0.763. The summed E-state index contributed by atoms with van der Waals surface area (Å²) in [7, 11) is 0. The van der Waals surface area contributed by atoms with E-state index in [1.807, 2.05) is 0 Å². The first-order valence-corrected chi connectivity index (χ1v) is 4.99. The number of rotatable bonds is 3. The van der Waals surface area contributed by atoms with Crippen molar-refractivity contribution in [2.75, 3.05) is 11.1 Å². The number of pyridine rings is 2. The summed E-state index contributed by atoms with van der Waals surface area (Å²) in [5, 5.41) is 10.7. The maximum absolute atomic E-state index is 10.5. The van der Waals surface area contributed by atoms with Crippen molar-refractivity contribution in [2.24, 2.45) is 0 Å². The Morgan fingerprint density at radius 2 is 2.11 bits per heavy atom. The van der Waals surface area contributed by atoms with Crippen LogP contribution in [0.4, 0.5) is 16.4 Å². The van der Waals surface area contributed by atoms with Crippen LogP contribution in [0.15, 0.2) is 36.7 Å². The fraction of sp³-hybridized carbons (Fsp3) is 0. The van der Waals surface area contributed by atoms with Crippen LogP contribution in [-0.4, -0.2) is 21.2 Å². The number of carboxylic acid groups (broad SMARTS) is 1. The van der Waals surface area contributed by atoms with Gasteiger partial charge in [-0.1, -0.05) is 0 Å². The molecule has 18 heavy (non-hydrogen) atoms. The number of nitrogens with zero attached hydrogens (tertiary/aromatic N) is 2. The first kappa shape index (κ1) is 11.6. The summed E-state index contributed by atoms with van der Waals surface area (Å²) < 4.78 is 5.46. The molecule has 0 atom stereocenters. The van der Waals surface area contributed by atoms with Gasteiger partial charge in [-0.25, -0.2) is 14.8 Å². The number of hydrogen-bond acceptors (Lipinski definition) is 5. The van der Waals surface area contributed by atoms with E-state index in [0.29, 0.717) is 17.3 Å². The molecule has 0 saturated heterocycles. The second kappa shape index (κ2) is 5.00. The number of anilines is 2. The molecule has 2 heterocycles. The summed E-state index contributed by atoms with van der Waals surface area (Å²) >= 11 is 0. The molecule has 0 aliphatic rings. The van der Waals surface area contributed by atoms with Crippen molar-refractivity contribution < 1.29 is 14.6 Å². The van der Waals surface area contributed by atoms with Crippen LogP contribution in [-0.2, 0) is 0 Å². The predicted molar refractivity (Wildman–Crippen MR) is 64.6 cm³/mol. The van der Waals surface area contributed by atoms with Gasteiger partial charge in [0.05, 0.1) is 6.20 Å². The van der Waals surface area contributed by atoms with Gasteiger partial charge in [0.15, 0.2) is 0 Å². The first-order valence-electron chi connectivity index (χ1n) is 4.99. The number of aromatic nitrogens is 2. The van der Waals surface area contributed by atoms with Gasteiger partial charge < -0.3 is 15.6 Å². The number of amides is 1. The second-order valence-electron chi connectivity index (χ2n) is 3.33. The van der Waals surface area contributed by atoms with E-state index < -0.39 is 6.09 Å². The summed E-state index contributed by atoms with van der Waals surface area (Å²) in [6, 6.07) is 6.33. The third-order valence-electron chi connectivity index (χ3n) is 1.96. The van der Waals surface area contributed by atoms with Gasteiger partial charge in [-0.15, -0.1) is 0 Å². The molecule has 0 aliphatic carbocycles. The van der Waals surface area contributed by atoms with Gasteiger partial charge in [0.2, 0.25) is 0 Å². The molecule has 0 bridgehead atoms. The highest BCUT2D eigenvalue weighted by Gasteiger charge is 2.03. The van der Waals surface area contributed by atoms with E-state index in [0.717, 1.165) is 0 Å².